The lowest BCUT2D eigenvalue weighted by atomic mass is 9.86. The summed E-state index contributed by atoms with van der Waals surface area (Å²) in [6.45, 7) is 5.17. The van der Waals surface area contributed by atoms with Crippen molar-refractivity contribution in [3.05, 3.63) is 95.8 Å². The van der Waals surface area contributed by atoms with Crippen LogP contribution in [0.15, 0.2) is 83.4 Å². The third-order valence-electron chi connectivity index (χ3n) is 7.64. The Morgan fingerprint density at radius 3 is 2.30 bits per heavy atom. The topological polar surface area (TPSA) is 70.8 Å². The van der Waals surface area contributed by atoms with Crippen molar-refractivity contribution in [3.63, 3.8) is 0 Å². The molecule has 1 fully saturated rings. The highest BCUT2D eigenvalue weighted by Gasteiger charge is 2.34. The summed E-state index contributed by atoms with van der Waals surface area (Å²) in [6.07, 6.45) is 0. The fraction of sp³-hybridized carbons (Fsp3) is 0.188. The molecule has 2 heterocycles. The zero-order valence-corrected chi connectivity index (χ0v) is 22.0. The molecular weight excluding hydrogens is 507 g/mol. The van der Waals surface area contributed by atoms with Gasteiger partial charge in [-0.2, -0.15) is 0 Å². The zero-order chi connectivity index (χ0) is 27.2. The molecule has 40 heavy (non-hydrogen) atoms. The number of halogens is 1. The monoisotopic (exact) mass is 534 g/mol. The third-order valence-corrected chi connectivity index (χ3v) is 7.64. The van der Waals surface area contributed by atoms with Crippen molar-refractivity contribution in [1.29, 1.82) is 0 Å². The van der Waals surface area contributed by atoms with Gasteiger partial charge in [-0.1, -0.05) is 41.6 Å². The molecule has 0 atom stereocenters. The lowest BCUT2D eigenvalue weighted by molar-refractivity contribution is 0.104. The standard InChI is InChI=1S/C32H27FN4O3/c1-2-39-21-13-11-20(12-14-21)34-25-19-27(37-17-15-36(16-18-37)26-10-6-5-9-24(26)33)30-29-28(25)31(38)22-7-3-4-8-23(22)32(29)40-35-30/h3-14,19,34H,2,15-18H2,1H3. The summed E-state index contributed by atoms with van der Waals surface area (Å²) in [4.78, 5) is 18.2. The van der Waals surface area contributed by atoms with Crippen LogP contribution in [0.4, 0.5) is 27.1 Å². The van der Waals surface area contributed by atoms with E-state index in [1.807, 2.05) is 73.7 Å². The molecule has 1 aliphatic carbocycles. The van der Waals surface area contributed by atoms with Crippen molar-refractivity contribution in [2.24, 2.45) is 0 Å². The van der Waals surface area contributed by atoms with Gasteiger partial charge in [-0.15, -0.1) is 0 Å². The minimum atomic E-state index is -0.218. The average Bonchev–Trinajstić information content (AvgIpc) is 3.43. The molecule has 5 aromatic rings. The lowest BCUT2D eigenvalue weighted by Crippen LogP contribution is -2.47. The van der Waals surface area contributed by atoms with E-state index in [0.29, 0.717) is 72.0 Å². The van der Waals surface area contributed by atoms with E-state index < -0.39 is 0 Å². The summed E-state index contributed by atoms with van der Waals surface area (Å²) >= 11 is 0. The van der Waals surface area contributed by atoms with E-state index in [1.54, 1.807) is 6.07 Å². The number of hydrogen-bond donors (Lipinski definition) is 1. The van der Waals surface area contributed by atoms with E-state index in [2.05, 4.69) is 20.3 Å². The van der Waals surface area contributed by atoms with Crippen molar-refractivity contribution >= 4 is 39.4 Å². The number of ketones is 1. The minimum absolute atomic E-state index is 0.0688. The van der Waals surface area contributed by atoms with Crippen molar-refractivity contribution < 1.29 is 18.4 Å². The van der Waals surface area contributed by atoms with Gasteiger partial charge >= 0.3 is 0 Å². The number of rotatable bonds is 6. The van der Waals surface area contributed by atoms with E-state index in [9.17, 15) is 9.18 Å². The van der Waals surface area contributed by atoms with Crippen LogP contribution in [-0.4, -0.2) is 43.7 Å². The molecule has 1 N–H and O–H groups in total. The van der Waals surface area contributed by atoms with E-state index in [4.69, 9.17) is 9.26 Å². The first-order valence-corrected chi connectivity index (χ1v) is 13.5. The number of ether oxygens (including phenoxy) is 1. The molecule has 8 heteroatoms. The highest BCUT2D eigenvalue weighted by molar-refractivity contribution is 6.28. The van der Waals surface area contributed by atoms with Crippen LogP contribution >= 0.6 is 0 Å². The Kier molecular flexibility index (Phi) is 5.88. The second-order valence-electron chi connectivity index (χ2n) is 9.94. The molecule has 200 valence electrons. The summed E-state index contributed by atoms with van der Waals surface area (Å²) in [7, 11) is 0. The molecule has 4 aromatic carbocycles. The molecule has 0 radical (unpaired) electrons. The molecule has 7 nitrogen and oxygen atoms in total. The maximum atomic E-state index is 14.5. The highest BCUT2D eigenvalue weighted by Crippen LogP contribution is 2.46. The van der Waals surface area contributed by atoms with Crippen molar-refractivity contribution in [2.75, 3.05) is 47.9 Å². The highest BCUT2D eigenvalue weighted by atomic mass is 19.1. The van der Waals surface area contributed by atoms with Crippen molar-refractivity contribution in [1.82, 2.24) is 5.16 Å². The van der Waals surface area contributed by atoms with Crippen LogP contribution in [0, 0.1) is 5.82 Å². The summed E-state index contributed by atoms with van der Waals surface area (Å²) in [5.74, 6) is 1.09. The molecule has 1 saturated heterocycles. The number of piperazine rings is 1. The van der Waals surface area contributed by atoms with Crippen LogP contribution in [-0.2, 0) is 0 Å². The van der Waals surface area contributed by atoms with Crippen LogP contribution in [0.25, 0.3) is 22.2 Å². The number of nitrogens with zero attached hydrogens (tertiary/aromatic N) is 3. The minimum Gasteiger partial charge on any atom is -0.494 e. The Hall–Kier alpha value is -4.85. The average molecular weight is 535 g/mol. The van der Waals surface area contributed by atoms with Gasteiger partial charge < -0.3 is 24.4 Å². The van der Waals surface area contributed by atoms with Gasteiger partial charge in [-0.05, 0) is 49.4 Å². The predicted octanol–water partition coefficient (Wildman–Crippen LogP) is 6.65. The molecular formula is C32H27FN4O3. The number of carbonyl (C=O) groups excluding carboxylic acids is 1. The first-order chi connectivity index (χ1) is 19.6. The van der Waals surface area contributed by atoms with Gasteiger partial charge in [0, 0.05) is 43.0 Å². The van der Waals surface area contributed by atoms with E-state index in [0.717, 1.165) is 22.7 Å². The number of para-hydroxylation sites is 1. The Labute approximate surface area is 230 Å². The summed E-state index contributed by atoms with van der Waals surface area (Å²) in [5.41, 5.74) is 5.55. The SMILES string of the molecule is CCOc1ccc(Nc2cc(N3CCN(c4ccccc4F)CC3)c3noc4c3c2C(=O)c2ccccc2-4)cc1. The predicted molar refractivity (Wildman–Crippen MR) is 155 cm³/mol. The second-order valence-corrected chi connectivity index (χ2v) is 9.94. The van der Waals surface area contributed by atoms with Crippen LogP contribution in [0.3, 0.4) is 0 Å². The van der Waals surface area contributed by atoms with Gasteiger partial charge in [0.05, 0.1) is 34.6 Å². The van der Waals surface area contributed by atoms with Gasteiger partial charge in [-0.3, -0.25) is 4.79 Å². The smallest absolute Gasteiger partial charge is 0.196 e. The number of anilines is 4. The fourth-order valence-electron chi connectivity index (χ4n) is 5.74. The Morgan fingerprint density at radius 2 is 1.57 bits per heavy atom. The van der Waals surface area contributed by atoms with Gasteiger partial charge in [0.1, 0.15) is 17.1 Å². The second kappa shape index (κ2) is 9.72. The maximum Gasteiger partial charge on any atom is 0.196 e. The number of carbonyl (C=O) groups is 1. The van der Waals surface area contributed by atoms with Crippen LogP contribution in [0.5, 0.6) is 5.75 Å². The molecule has 0 amide bonds. The van der Waals surface area contributed by atoms with Crippen LogP contribution < -0.4 is 19.9 Å². The number of benzene rings is 4. The van der Waals surface area contributed by atoms with Gasteiger partial charge in [-0.25, -0.2) is 4.39 Å². The number of aromatic nitrogens is 1. The fourth-order valence-corrected chi connectivity index (χ4v) is 5.74. The molecule has 0 unspecified atom stereocenters. The quantitative estimate of drug-likeness (QED) is 0.257. The number of hydrogen-bond acceptors (Lipinski definition) is 7. The maximum absolute atomic E-state index is 14.5. The normalized spacial score (nSPS) is 14.4. The first-order valence-electron chi connectivity index (χ1n) is 13.5. The van der Waals surface area contributed by atoms with Crippen molar-refractivity contribution in [3.8, 4) is 17.1 Å². The van der Waals surface area contributed by atoms with E-state index >= 15 is 0 Å². The number of fused-ring (bicyclic) bond motifs is 2. The van der Waals surface area contributed by atoms with Gasteiger partial charge in [0.15, 0.2) is 11.5 Å². The van der Waals surface area contributed by atoms with E-state index in [-0.39, 0.29) is 11.6 Å². The van der Waals surface area contributed by atoms with E-state index in [1.165, 1.54) is 6.07 Å². The summed E-state index contributed by atoms with van der Waals surface area (Å²) in [5, 5.41) is 8.68. The molecule has 2 aliphatic rings. The van der Waals surface area contributed by atoms with Crippen molar-refractivity contribution in [2.45, 2.75) is 6.92 Å². The van der Waals surface area contributed by atoms with Gasteiger partial charge in [0.25, 0.3) is 0 Å². The Morgan fingerprint density at radius 1 is 0.900 bits per heavy atom. The molecule has 0 bridgehead atoms. The lowest BCUT2D eigenvalue weighted by Gasteiger charge is -2.37. The third kappa shape index (κ3) is 3.95. The van der Waals surface area contributed by atoms with Gasteiger partial charge in [0.2, 0.25) is 0 Å². The molecule has 7 rings (SSSR count). The summed E-state index contributed by atoms with van der Waals surface area (Å²) < 4.78 is 26.0. The largest absolute Gasteiger partial charge is 0.494 e. The van der Waals surface area contributed by atoms with Crippen LogP contribution in [0.2, 0.25) is 0 Å². The summed E-state index contributed by atoms with van der Waals surface area (Å²) in [6, 6.07) is 24.0. The Balaban J connectivity index is 1.31. The zero-order valence-electron chi connectivity index (χ0n) is 22.0. The van der Waals surface area contributed by atoms with Crippen LogP contribution in [0.1, 0.15) is 22.8 Å². The molecule has 1 aromatic heterocycles. The molecule has 1 aliphatic heterocycles. The first kappa shape index (κ1) is 24.2. The Bertz CT molecular complexity index is 1740. The molecule has 0 saturated carbocycles. The number of nitrogens with one attached hydrogen (secondary N) is 1. The molecule has 0 spiro atoms.